The average Bonchev–Trinajstić information content (AvgIpc) is 2.90. The molecule has 0 unspecified atom stereocenters. The van der Waals surface area contributed by atoms with E-state index in [1.54, 1.807) is 0 Å². The first-order valence-corrected chi connectivity index (χ1v) is 8.92. The van der Waals surface area contributed by atoms with Gasteiger partial charge >= 0.3 is 0 Å². The molecule has 0 aliphatic carbocycles. The molecule has 3 aromatic rings. The van der Waals surface area contributed by atoms with Crippen molar-refractivity contribution in [1.82, 2.24) is 14.5 Å². The fourth-order valence-corrected chi connectivity index (χ4v) is 3.20. The monoisotopic (exact) mass is 341 g/mol. The number of halogens is 1. The molecule has 1 aromatic heterocycles. The first-order valence-electron chi connectivity index (χ1n) is 8.54. The van der Waals surface area contributed by atoms with Crippen molar-refractivity contribution in [2.75, 3.05) is 13.6 Å². The summed E-state index contributed by atoms with van der Waals surface area (Å²) in [6, 6.07) is 16.4. The summed E-state index contributed by atoms with van der Waals surface area (Å²) in [5.74, 6) is 1.11. The molecule has 2 aromatic carbocycles. The van der Waals surface area contributed by atoms with Gasteiger partial charge in [-0.15, -0.1) is 0 Å². The molecule has 0 aliphatic rings. The number of benzene rings is 2. The van der Waals surface area contributed by atoms with Crippen LogP contribution in [0.5, 0.6) is 0 Å². The highest BCUT2D eigenvalue weighted by Crippen LogP contribution is 2.20. The molecule has 0 saturated carbocycles. The van der Waals surface area contributed by atoms with Crippen LogP contribution in [0.15, 0.2) is 48.5 Å². The summed E-state index contributed by atoms with van der Waals surface area (Å²) in [4.78, 5) is 7.21. The van der Waals surface area contributed by atoms with Gasteiger partial charge in [0.2, 0.25) is 0 Å². The van der Waals surface area contributed by atoms with Crippen molar-refractivity contribution in [3.63, 3.8) is 0 Å². The Morgan fingerprint density at radius 2 is 1.96 bits per heavy atom. The lowest BCUT2D eigenvalue weighted by Gasteiger charge is -2.17. The van der Waals surface area contributed by atoms with Gasteiger partial charge < -0.3 is 4.57 Å². The Morgan fingerprint density at radius 3 is 2.75 bits per heavy atom. The number of hydrogen-bond acceptors (Lipinski definition) is 2. The summed E-state index contributed by atoms with van der Waals surface area (Å²) in [6.45, 7) is 4.96. The van der Waals surface area contributed by atoms with Gasteiger partial charge in [0.15, 0.2) is 0 Å². The average molecular weight is 342 g/mol. The molecule has 0 amide bonds. The van der Waals surface area contributed by atoms with Crippen molar-refractivity contribution in [2.24, 2.45) is 0 Å². The molecule has 126 valence electrons. The lowest BCUT2D eigenvalue weighted by molar-refractivity contribution is 0.309. The SMILES string of the molecule is CCCCN(C)Cc1nc2ccccc2n1Cc1cccc(Cl)c1. The van der Waals surface area contributed by atoms with Crippen LogP contribution < -0.4 is 0 Å². The highest BCUT2D eigenvalue weighted by Gasteiger charge is 2.12. The smallest absolute Gasteiger partial charge is 0.124 e. The number of fused-ring (bicyclic) bond motifs is 1. The zero-order valence-electron chi connectivity index (χ0n) is 14.4. The fourth-order valence-electron chi connectivity index (χ4n) is 2.99. The quantitative estimate of drug-likeness (QED) is 0.605. The Kier molecular flexibility index (Phi) is 5.54. The highest BCUT2D eigenvalue weighted by atomic mass is 35.5. The van der Waals surface area contributed by atoms with E-state index in [9.17, 15) is 0 Å². The second kappa shape index (κ2) is 7.82. The third kappa shape index (κ3) is 3.97. The predicted molar refractivity (Wildman–Crippen MR) is 102 cm³/mol. The Labute approximate surface area is 148 Å². The number of rotatable bonds is 7. The van der Waals surface area contributed by atoms with Gasteiger partial charge in [0.1, 0.15) is 5.82 Å². The van der Waals surface area contributed by atoms with E-state index in [1.165, 1.54) is 23.9 Å². The lowest BCUT2D eigenvalue weighted by Crippen LogP contribution is -2.21. The van der Waals surface area contributed by atoms with E-state index in [4.69, 9.17) is 16.6 Å². The Balaban J connectivity index is 1.93. The molecule has 0 atom stereocenters. The van der Waals surface area contributed by atoms with Gasteiger partial charge in [-0.1, -0.05) is 49.2 Å². The van der Waals surface area contributed by atoms with Crippen molar-refractivity contribution in [3.8, 4) is 0 Å². The van der Waals surface area contributed by atoms with E-state index in [-0.39, 0.29) is 0 Å². The Hall–Kier alpha value is -1.84. The molecule has 24 heavy (non-hydrogen) atoms. The van der Waals surface area contributed by atoms with E-state index < -0.39 is 0 Å². The van der Waals surface area contributed by atoms with Crippen molar-refractivity contribution in [2.45, 2.75) is 32.9 Å². The second-order valence-corrected chi connectivity index (χ2v) is 6.76. The molecule has 0 N–H and O–H groups in total. The molecule has 4 heteroatoms. The highest BCUT2D eigenvalue weighted by molar-refractivity contribution is 6.30. The van der Waals surface area contributed by atoms with E-state index >= 15 is 0 Å². The maximum Gasteiger partial charge on any atom is 0.124 e. The van der Waals surface area contributed by atoms with Gasteiger partial charge in [-0.25, -0.2) is 4.98 Å². The van der Waals surface area contributed by atoms with Crippen LogP contribution in [0.3, 0.4) is 0 Å². The third-order valence-corrected chi connectivity index (χ3v) is 4.50. The van der Waals surface area contributed by atoms with Gasteiger partial charge in [-0.3, -0.25) is 4.90 Å². The molecule has 0 radical (unpaired) electrons. The number of aromatic nitrogens is 2. The van der Waals surface area contributed by atoms with Gasteiger partial charge in [0.05, 0.1) is 17.6 Å². The summed E-state index contributed by atoms with van der Waals surface area (Å²) in [6.07, 6.45) is 2.42. The molecular weight excluding hydrogens is 318 g/mol. The minimum absolute atomic E-state index is 0.776. The predicted octanol–water partition coefficient (Wildman–Crippen LogP) is 4.97. The molecular formula is C20H24ClN3. The van der Waals surface area contributed by atoms with Gasteiger partial charge in [0, 0.05) is 11.6 Å². The molecule has 0 fully saturated rings. The van der Waals surface area contributed by atoms with Crippen LogP contribution in [0, 0.1) is 0 Å². The van der Waals surface area contributed by atoms with E-state index in [1.807, 2.05) is 24.3 Å². The molecule has 0 spiro atoms. The summed E-state index contributed by atoms with van der Waals surface area (Å²) in [5.41, 5.74) is 3.43. The van der Waals surface area contributed by atoms with Gasteiger partial charge in [-0.05, 0) is 49.8 Å². The first-order chi connectivity index (χ1) is 11.7. The van der Waals surface area contributed by atoms with Crippen molar-refractivity contribution < 1.29 is 0 Å². The Morgan fingerprint density at radius 1 is 1.12 bits per heavy atom. The third-order valence-electron chi connectivity index (χ3n) is 4.27. The minimum atomic E-state index is 0.776. The summed E-state index contributed by atoms with van der Waals surface area (Å²) < 4.78 is 2.31. The molecule has 0 saturated heterocycles. The van der Waals surface area contributed by atoms with E-state index in [0.717, 1.165) is 36.0 Å². The van der Waals surface area contributed by atoms with Crippen molar-refractivity contribution >= 4 is 22.6 Å². The Bertz CT molecular complexity index is 810. The van der Waals surface area contributed by atoms with Gasteiger partial charge in [0.25, 0.3) is 0 Å². The number of unbranched alkanes of at least 4 members (excludes halogenated alkanes) is 1. The molecule has 3 rings (SSSR count). The zero-order valence-corrected chi connectivity index (χ0v) is 15.1. The summed E-state index contributed by atoms with van der Waals surface area (Å²) >= 11 is 6.15. The van der Waals surface area contributed by atoms with Crippen LogP contribution in [0.25, 0.3) is 11.0 Å². The van der Waals surface area contributed by atoms with Crippen LogP contribution in [-0.4, -0.2) is 28.0 Å². The largest absolute Gasteiger partial charge is 0.322 e. The van der Waals surface area contributed by atoms with Crippen LogP contribution in [-0.2, 0) is 13.1 Å². The molecule has 0 bridgehead atoms. The van der Waals surface area contributed by atoms with Crippen molar-refractivity contribution in [1.29, 1.82) is 0 Å². The molecule has 1 heterocycles. The van der Waals surface area contributed by atoms with Crippen LogP contribution in [0.2, 0.25) is 5.02 Å². The second-order valence-electron chi connectivity index (χ2n) is 6.32. The molecule has 3 nitrogen and oxygen atoms in total. The fraction of sp³-hybridized carbons (Fsp3) is 0.350. The minimum Gasteiger partial charge on any atom is -0.322 e. The van der Waals surface area contributed by atoms with E-state index in [2.05, 4.69) is 47.7 Å². The lowest BCUT2D eigenvalue weighted by atomic mass is 10.2. The van der Waals surface area contributed by atoms with Crippen LogP contribution in [0.4, 0.5) is 0 Å². The maximum atomic E-state index is 6.15. The first kappa shape index (κ1) is 17.0. The van der Waals surface area contributed by atoms with Gasteiger partial charge in [-0.2, -0.15) is 0 Å². The van der Waals surface area contributed by atoms with Crippen LogP contribution in [0.1, 0.15) is 31.2 Å². The maximum absolute atomic E-state index is 6.15. The topological polar surface area (TPSA) is 21.1 Å². The summed E-state index contributed by atoms with van der Waals surface area (Å²) in [7, 11) is 2.17. The van der Waals surface area contributed by atoms with Crippen molar-refractivity contribution in [3.05, 3.63) is 64.9 Å². The normalized spacial score (nSPS) is 11.5. The number of imidazole rings is 1. The zero-order chi connectivity index (χ0) is 16.9. The number of para-hydroxylation sites is 2. The number of hydrogen-bond donors (Lipinski definition) is 0. The standard InChI is InChI=1S/C20H24ClN3/c1-3-4-12-23(2)15-20-22-18-10-5-6-11-19(18)24(20)14-16-8-7-9-17(21)13-16/h5-11,13H,3-4,12,14-15H2,1-2H3. The number of nitrogens with zero attached hydrogens (tertiary/aromatic N) is 3. The summed E-state index contributed by atoms with van der Waals surface area (Å²) in [5, 5.41) is 0.776. The van der Waals surface area contributed by atoms with E-state index in [0.29, 0.717) is 0 Å². The van der Waals surface area contributed by atoms with Crippen LogP contribution >= 0.6 is 11.6 Å². The molecule has 0 aliphatic heterocycles.